The molecule has 2 rings (SSSR count). The largest absolute Gasteiger partial charge is 0.363 e. The zero-order valence-electron chi connectivity index (χ0n) is 7.33. The molecule has 1 heterocycles. The van der Waals surface area contributed by atoms with Gasteiger partial charge in [0.15, 0.2) is 5.82 Å². The number of nitrogens with zero attached hydrogens (tertiary/aromatic N) is 1. The average Bonchev–Trinajstić information content (AvgIpc) is 2.61. The molecule has 0 radical (unpaired) electrons. The molecule has 1 saturated carbocycles. The van der Waals surface area contributed by atoms with E-state index in [1.54, 1.807) is 6.07 Å². The molecule has 2 N–H and O–H groups in total. The lowest BCUT2D eigenvalue weighted by Crippen LogP contribution is -2.37. The van der Waals surface area contributed by atoms with Crippen molar-refractivity contribution >= 4 is 11.8 Å². The van der Waals surface area contributed by atoms with E-state index >= 15 is 0 Å². The molecule has 0 saturated heterocycles. The fourth-order valence-corrected chi connectivity index (χ4v) is 1.01. The Morgan fingerprint density at radius 2 is 2.46 bits per heavy atom. The summed E-state index contributed by atoms with van der Waals surface area (Å²) >= 11 is 0. The fourth-order valence-electron chi connectivity index (χ4n) is 1.01. The van der Waals surface area contributed by atoms with Gasteiger partial charge in [0.1, 0.15) is 6.26 Å². The molecule has 70 valence electrons. The highest BCUT2D eigenvalue weighted by Gasteiger charge is 2.38. The molecule has 1 fully saturated rings. The van der Waals surface area contributed by atoms with E-state index < -0.39 is 0 Å². The van der Waals surface area contributed by atoms with E-state index in [0.29, 0.717) is 5.82 Å². The predicted octanol–water partition coefficient (Wildman–Crippen LogP) is 1.35. The van der Waals surface area contributed by atoms with Gasteiger partial charge in [0.05, 0.1) is 0 Å². The second-order valence-electron chi connectivity index (χ2n) is 3.52. The van der Waals surface area contributed by atoms with E-state index in [1.165, 1.54) is 6.26 Å². The maximum atomic E-state index is 11.3. The number of hydrogen-bond donors (Lipinski definition) is 2. The lowest BCUT2D eigenvalue weighted by atomic mass is 10.3. The minimum atomic E-state index is -0.228. The predicted molar refractivity (Wildman–Crippen MR) is 46.3 cm³/mol. The molecule has 1 aromatic heterocycles. The lowest BCUT2D eigenvalue weighted by Gasteiger charge is -2.10. The first-order valence-corrected chi connectivity index (χ1v) is 4.18. The van der Waals surface area contributed by atoms with Crippen LogP contribution in [0.25, 0.3) is 0 Å². The van der Waals surface area contributed by atoms with Gasteiger partial charge in [-0.2, -0.15) is 0 Å². The summed E-state index contributed by atoms with van der Waals surface area (Å²) in [7, 11) is 0. The summed E-state index contributed by atoms with van der Waals surface area (Å²) < 4.78 is 4.57. The van der Waals surface area contributed by atoms with Crippen molar-refractivity contribution in [2.45, 2.75) is 25.3 Å². The monoisotopic (exact) mass is 181 g/mol. The van der Waals surface area contributed by atoms with Crippen LogP contribution in [0.3, 0.4) is 0 Å². The normalized spacial score (nSPS) is 17.9. The molecule has 1 aliphatic rings. The molecule has 13 heavy (non-hydrogen) atoms. The molecule has 0 atom stereocenters. The number of amides is 2. The highest BCUT2D eigenvalue weighted by molar-refractivity contribution is 5.88. The molecule has 5 heteroatoms. The Hall–Kier alpha value is -1.52. The van der Waals surface area contributed by atoms with Crippen LogP contribution in [0, 0.1) is 0 Å². The second kappa shape index (κ2) is 2.76. The van der Waals surface area contributed by atoms with Crippen LogP contribution in [-0.4, -0.2) is 16.7 Å². The maximum Gasteiger partial charge on any atom is 0.320 e. The number of carbonyl (C=O) groups is 1. The first-order valence-electron chi connectivity index (χ1n) is 4.18. The first kappa shape index (κ1) is 8.10. The van der Waals surface area contributed by atoms with Crippen LogP contribution in [0.4, 0.5) is 10.6 Å². The summed E-state index contributed by atoms with van der Waals surface area (Å²) in [5.74, 6) is 0.432. The summed E-state index contributed by atoms with van der Waals surface area (Å²) in [5.41, 5.74) is -0.00613. The number of rotatable bonds is 2. The molecule has 0 aliphatic heterocycles. The van der Waals surface area contributed by atoms with Gasteiger partial charge in [0.25, 0.3) is 0 Å². The van der Waals surface area contributed by atoms with Gasteiger partial charge in [-0.05, 0) is 19.8 Å². The van der Waals surface area contributed by atoms with E-state index in [2.05, 4.69) is 20.3 Å². The Balaban J connectivity index is 1.85. The van der Waals surface area contributed by atoms with Crippen molar-refractivity contribution in [2.75, 3.05) is 5.32 Å². The Kier molecular flexibility index (Phi) is 1.72. The molecule has 1 aliphatic carbocycles. The number of anilines is 1. The van der Waals surface area contributed by atoms with E-state index in [9.17, 15) is 4.79 Å². The third-order valence-electron chi connectivity index (χ3n) is 2.09. The molecule has 1 aromatic rings. The van der Waals surface area contributed by atoms with Gasteiger partial charge >= 0.3 is 6.03 Å². The highest BCUT2D eigenvalue weighted by atomic mass is 16.5. The Bertz CT molecular complexity index is 303. The summed E-state index contributed by atoms with van der Waals surface area (Å²) in [4.78, 5) is 11.3. The van der Waals surface area contributed by atoms with Crippen LogP contribution in [0.5, 0.6) is 0 Å². The van der Waals surface area contributed by atoms with Gasteiger partial charge in [-0.15, -0.1) is 0 Å². The van der Waals surface area contributed by atoms with Crippen molar-refractivity contribution in [3.8, 4) is 0 Å². The summed E-state index contributed by atoms with van der Waals surface area (Å²) in [6.07, 6.45) is 3.49. The van der Waals surface area contributed by atoms with Crippen molar-refractivity contribution in [1.29, 1.82) is 0 Å². The van der Waals surface area contributed by atoms with Crippen LogP contribution < -0.4 is 10.6 Å². The van der Waals surface area contributed by atoms with Gasteiger partial charge in [-0.25, -0.2) is 4.79 Å². The zero-order chi connectivity index (χ0) is 9.31. The van der Waals surface area contributed by atoms with Crippen molar-refractivity contribution < 1.29 is 9.32 Å². The molecule has 0 spiro atoms. The number of carbonyl (C=O) groups excluding carboxylic acids is 1. The van der Waals surface area contributed by atoms with Crippen molar-refractivity contribution in [3.05, 3.63) is 12.3 Å². The molecule has 0 aromatic carbocycles. The minimum Gasteiger partial charge on any atom is -0.363 e. The topological polar surface area (TPSA) is 67.2 Å². The highest BCUT2D eigenvalue weighted by Crippen LogP contribution is 2.34. The molecule has 2 amide bonds. The molecule has 0 bridgehead atoms. The van der Waals surface area contributed by atoms with Crippen LogP contribution >= 0.6 is 0 Å². The van der Waals surface area contributed by atoms with Crippen molar-refractivity contribution in [3.63, 3.8) is 0 Å². The Morgan fingerprint density at radius 1 is 1.69 bits per heavy atom. The fraction of sp³-hybridized carbons (Fsp3) is 0.500. The van der Waals surface area contributed by atoms with Crippen LogP contribution in [-0.2, 0) is 0 Å². The van der Waals surface area contributed by atoms with Crippen LogP contribution in [0.2, 0.25) is 0 Å². The van der Waals surface area contributed by atoms with Gasteiger partial charge in [0.2, 0.25) is 0 Å². The summed E-state index contributed by atoms with van der Waals surface area (Å²) in [6.45, 7) is 2.01. The number of nitrogens with one attached hydrogen (secondary N) is 2. The third-order valence-corrected chi connectivity index (χ3v) is 2.09. The van der Waals surface area contributed by atoms with Gasteiger partial charge < -0.3 is 9.84 Å². The van der Waals surface area contributed by atoms with Gasteiger partial charge in [-0.3, -0.25) is 5.32 Å². The second-order valence-corrected chi connectivity index (χ2v) is 3.52. The van der Waals surface area contributed by atoms with Crippen molar-refractivity contribution in [1.82, 2.24) is 10.5 Å². The zero-order valence-corrected chi connectivity index (χ0v) is 7.33. The van der Waals surface area contributed by atoms with Gasteiger partial charge in [-0.1, -0.05) is 5.16 Å². The van der Waals surface area contributed by atoms with Crippen molar-refractivity contribution in [2.24, 2.45) is 0 Å². The lowest BCUT2D eigenvalue weighted by molar-refractivity contribution is 0.248. The van der Waals surface area contributed by atoms with E-state index in [-0.39, 0.29) is 11.6 Å². The molecule has 5 nitrogen and oxygen atoms in total. The Labute approximate surface area is 75.5 Å². The quantitative estimate of drug-likeness (QED) is 0.723. The minimum absolute atomic E-state index is 0.00613. The third kappa shape index (κ3) is 1.99. The van der Waals surface area contributed by atoms with Crippen LogP contribution in [0.1, 0.15) is 19.8 Å². The van der Waals surface area contributed by atoms with E-state index in [4.69, 9.17) is 0 Å². The first-order chi connectivity index (χ1) is 6.18. The summed E-state index contributed by atoms with van der Waals surface area (Å²) in [6, 6.07) is 1.36. The van der Waals surface area contributed by atoms with Crippen LogP contribution in [0.15, 0.2) is 16.9 Å². The number of hydrogen-bond acceptors (Lipinski definition) is 3. The molecular formula is C8H11N3O2. The smallest absolute Gasteiger partial charge is 0.320 e. The molecule has 0 unspecified atom stereocenters. The number of urea groups is 1. The van der Waals surface area contributed by atoms with E-state index in [1.807, 2.05) is 6.92 Å². The van der Waals surface area contributed by atoms with E-state index in [0.717, 1.165) is 12.8 Å². The Morgan fingerprint density at radius 3 is 3.00 bits per heavy atom. The maximum absolute atomic E-state index is 11.3. The van der Waals surface area contributed by atoms with Gasteiger partial charge in [0, 0.05) is 11.6 Å². The summed E-state index contributed by atoms with van der Waals surface area (Å²) in [5, 5.41) is 8.96. The SMILES string of the molecule is CC1(NC(=O)Nc2ccon2)CC1. The molecular weight excluding hydrogens is 170 g/mol. The standard InChI is InChI=1S/C8H11N3O2/c1-8(3-4-8)10-7(12)9-6-2-5-13-11-6/h2,5H,3-4H2,1H3,(H2,9,10,11,12). The number of aromatic nitrogens is 1. The average molecular weight is 181 g/mol.